The van der Waals surface area contributed by atoms with E-state index < -0.39 is 5.97 Å². The number of aromatic carboxylic acids is 1. The lowest BCUT2D eigenvalue weighted by molar-refractivity contribution is 0.0695. The maximum Gasteiger partial charge on any atom is 0.335 e. The van der Waals surface area contributed by atoms with Crippen LogP contribution in [0.25, 0.3) is 0 Å². The molecule has 148 valence electrons. The number of benzene rings is 1. The Morgan fingerprint density at radius 2 is 1.42 bits per heavy atom. The van der Waals surface area contributed by atoms with Gasteiger partial charge in [0.15, 0.2) is 0 Å². The van der Waals surface area contributed by atoms with Crippen LogP contribution in [0.15, 0.2) is 18.2 Å². The summed E-state index contributed by atoms with van der Waals surface area (Å²) in [7, 11) is 0. The van der Waals surface area contributed by atoms with E-state index >= 15 is 0 Å². The summed E-state index contributed by atoms with van der Waals surface area (Å²) in [6.07, 6.45) is 15.8. The predicted molar refractivity (Wildman–Crippen MR) is 109 cm³/mol. The van der Waals surface area contributed by atoms with Crippen LogP contribution >= 0.6 is 0 Å². The van der Waals surface area contributed by atoms with Crippen molar-refractivity contribution in [3.63, 3.8) is 0 Å². The second-order valence-corrected chi connectivity index (χ2v) is 7.62. The Morgan fingerprint density at radius 3 is 2.00 bits per heavy atom. The normalized spacial score (nSPS) is 12.2. The Labute approximate surface area is 159 Å². The molecule has 0 fully saturated rings. The van der Waals surface area contributed by atoms with Gasteiger partial charge in [0.25, 0.3) is 0 Å². The number of aromatic hydroxyl groups is 1. The number of phenols is 1. The van der Waals surface area contributed by atoms with Crippen molar-refractivity contribution in [2.45, 2.75) is 97.3 Å². The molecule has 0 aliphatic rings. The fourth-order valence-electron chi connectivity index (χ4n) is 3.69. The molecule has 0 aliphatic carbocycles. The van der Waals surface area contributed by atoms with Crippen molar-refractivity contribution in [1.29, 1.82) is 0 Å². The first-order chi connectivity index (χ1) is 12.6. The smallest absolute Gasteiger partial charge is 0.335 e. The maximum atomic E-state index is 11.5. The SMILES string of the molecule is CCCCCCCCC(CCCCCC)Cc1cc(O)ccc1C(=O)O. The summed E-state index contributed by atoms with van der Waals surface area (Å²) in [5, 5.41) is 19.2. The van der Waals surface area contributed by atoms with Crippen molar-refractivity contribution in [2.24, 2.45) is 5.92 Å². The molecule has 2 N–H and O–H groups in total. The van der Waals surface area contributed by atoms with Gasteiger partial charge < -0.3 is 10.2 Å². The molecule has 0 bridgehead atoms. The summed E-state index contributed by atoms with van der Waals surface area (Å²) in [5.41, 5.74) is 1.12. The zero-order valence-corrected chi connectivity index (χ0v) is 16.8. The molecule has 0 aromatic heterocycles. The first kappa shape index (κ1) is 22.5. The standard InChI is InChI=1S/C23H38O3/c1-3-5-7-9-10-12-14-19(13-11-8-6-4-2)17-20-18-21(24)15-16-22(20)23(25)26/h15-16,18-19,24H,3-14,17H2,1-2H3,(H,25,26). The molecular weight excluding hydrogens is 324 g/mol. The lowest BCUT2D eigenvalue weighted by Gasteiger charge is -2.18. The highest BCUT2D eigenvalue weighted by Gasteiger charge is 2.16. The second kappa shape index (κ2) is 13.7. The van der Waals surface area contributed by atoms with Gasteiger partial charge in [-0.3, -0.25) is 0 Å². The molecule has 0 radical (unpaired) electrons. The molecule has 3 heteroatoms. The molecule has 0 heterocycles. The number of hydrogen-bond donors (Lipinski definition) is 2. The number of rotatable bonds is 15. The van der Waals surface area contributed by atoms with Crippen LogP contribution in [0.3, 0.4) is 0 Å². The van der Waals surface area contributed by atoms with Crippen LogP contribution in [0.1, 0.15) is 107 Å². The minimum absolute atomic E-state index is 0.161. The maximum absolute atomic E-state index is 11.5. The first-order valence-corrected chi connectivity index (χ1v) is 10.6. The first-order valence-electron chi connectivity index (χ1n) is 10.6. The van der Waals surface area contributed by atoms with Crippen LogP contribution in [0.4, 0.5) is 0 Å². The molecule has 0 saturated heterocycles. The van der Waals surface area contributed by atoms with E-state index in [0.717, 1.165) is 24.8 Å². The minimum Gasteiger partial charge on any atom is -0.508 e. The third-order valence-electron chi connectivity index (χ3n) is 5.26. The number of hydrogen-bond acceptors (Lipinski definition) is 2. The van der Waals surface area contributed by atoms with E-state index in [1.165, 1.54) is 76.3 Å². The molecule has 26 heavy (non-hydrogen) atoms. The lowest BCUT2D eigenvalue weighted by Crippen LogP contribution is -2.10. The van der Waals surface area contributed by atoms with E-state index in [-0.39, 0.29) is 5.75 Å². The minimum atomic E-state index is -0.899. The lowest BCUT2D eigenvalue weighted by atomic mass is 9.87. The monoisotopic (exact) mass is 362 g/mol. The largest absolute Gasteiger partial charge is 0.508 e. The summed E-state index contributed by atoms with van der Waals surface area (Å²) in [6, 6.07) is 4.65. The number of carbonyl (C=O) groups is 1. The van der Waals surface area contributed by atoms with Crippen LogP contribution in [-0.4, -0.2) is 16.2 Å². The molecule has 3 nitrogen and oxygen atoms in total. The fraction of sp³-hybridized carbons (Fsp3) is 0.696. The van der Waals surface area contributed by atoms with Gasteiger partial charge >= 0.3 is 5.97 Å². The fourth-order valence-corrected chi connectivity index (χ4v) is 3.69. The predicted octanol–water partition coefficient (Wildman–Crippen LogP) is 6.97. The van der Waals surface area contributed by atoms with E-state index in [9.17, 15) is 15.0 Å². The molecule has 1 atom stereocenters. The molecule has 0 amide bonds. The van der Waals surface area contributed by atoms with Crippen molar-refractivity contribution in [1.82, 2.24) is 0 Å². The third kappa shape index (κ3) is 9.26. The zero-order valence-electron chi connectivity index (χ0n) is 16.8. The molecule has 1 aromatic carbocycles. The van der Waals surface area contributed by atoms with Crippen molar-refractivity contribution >= 4 is 5.97 Å². The van der Waals surface area contributed by atoms with Gasteiger partial charge in [0.2, 0.25) is 0 Å². The van der Waals surface area contributed by atoms with Crippen LogP contribution < -0.4 is 0 Å². The Kier molecular flexibility index (Phi) is 11.8. The van der Waals surface area contributed by atoms with Gasteiger partial charge in [-0.25, -0.2) is 4.79 Å². The second-order valence-electron chi connectivity index (χ2n) is 7.62. The van der Waals surface area contributed by atoms with Gasteiger partial charge in [0.1, 0.15) is 5.75 Å². The Balaban J connectivity index is 2.62. The van der Waals surface area contributed by atoms with Gasteiger partial charge in [-0.05, 0) is 36.1 Å². The van der Waals surface area contributed by atoms with E-state index in [1.54, 1.807) is 6.07 Å². The molecule has 0 saturated carbocycles. The number of unbranched alkanes of at least 4 members (excludes halogenated alkanes) is 8. The molecule has 0 aliphatic heterocycles. The molecule has 0 spiro atoms. The van der Waals surface area contributed by atoms with Crippen molar-refractivity contribution in [3.05, 3.63) is 29.3 Å². The van der Waals surface area contributed by atoms with Crippen molar-refractivity contribution in [2.75, 3.05) is 0 Å². The van der Waals surface area contributed by atoms with Crippen LogP contribution in [0.5, 0.6) is 5.75 Å². The third-order valence-corrected chi connectivity index (χ3v) is 5.26. The van der Waals surface area contributed by atoms with Gasteiger partial charge in [0, 0.05) is 0 Å². The van der Waals surface area contributed by atoms with Crippen molar-refractivity contribution in [3.8, 4) is 5.75 Å². The molecule has 1 aromatic rings. The van der Waals surface area contributed by atoms with E-state index in [2.05, 4.69) is 13.8 Å². The summed E-state index contributed by atoms with van der Waals surface area (Å²) >= 11 is 0. The van der Waals surface area contributed by atoms with Gasteiger partial charge in [-0.1, -0.05) is 90.9 Å². The summed E-state index contributed by atoms with van der Waals surface area (Å²) in [5.74, 6) is -0.225. The summed E-state index contributed by atoms with van der Waals surface area (Å²) in [6.45, 7) is 4.46. The van der Waals surface area contributed by atoms with Crippen LogP contribution in [0.2, 0.25) is 0 Å². The number of carboxylic acid groups (broad SMARTS) is 1. The highest BCUT2D eigenvalue weighted by molar-refractivity contribution is 5.89. The van der Waals surface area contributed by atoms with E-state index in [1.807, 2.05) is 0 Å². The summed E-state index contributed by atoms with van der Waals surface area (Å²) in [4.78, 5) is 11.5. The van der Waals surface area contributed by atoms with Gasteiger partial charge in [-0.2, -0.15) is 0 Å². The average molecular weight is 363 g/mol. The van der Waals surface area contributed by atoms with Crippen LogP contribution in [-0.2, 0) is 6.42 Å². The quantitative estimate of drug-likeness (QED) is 0.331. The Hall–Kier alpha value is -1.51. The van der Waals surface area contributed by atoms with Crippen LogP contribution in [0, 0.1) is 5.92 Å². The highest BCUT2D eigenvalue weighted by Crippen LogP contribution is 2.26. The summed E-state index contributed by atoms with van der Waals surface area (Å²) < 4.78 is 0. The highest BCUT2D eigenvalue weighted by atomic mass is 16.4. The Bertz CT molecular complexity index is 510. The van der Waals surface area contributed by atoms with E-state index in [0.29, 0.717) is 11.5 Å². The zero-order chi connectivity index (χ0) is 19.2. The topological polar surface area (TPSA) is 57.5 Å². The molecule has 1 unspecified atom stereocenters. The number of carboxylic acids is 1. The van der Waals surface area contributed by atoms with Crippen molar-refractivity contribution < 1.29 is 15.0 Å². The van der Waals surface area contributed by atoms with Gasteiger partial charge in [-0.15, -0.1) is 0 Å². The average Bonchev–Trinajstić information content (AvgIpc) is 2.61. The molecule has 1 rings (SSSR count). The van der Waals surface area contributed by atoms with E-state index in [4.69, 9.17) is 0 Å². The van der Waals surface area contributed by atoms with Gasteiger partial charge in [0.05, 0.1) is 5.56 Å². The molecular formula is C23H38O3. The number of phenolic OH excluding ortho intramolecular Hbond substituents is 1. The Morgan fingerprint density at radius 1 is 0.885 bits per heavy atom.